The predicted molar refractivity (Wildman–Crippen MR) is 88.9 cm³/mol. The Kier molecular flexibility index (Phi) is 4.34. The van der Waals surface area contributed by atoms with Crippen LogP contribution in [0, 0.1) is 0 Å². The second-order valence-electron chi connectivity index (χ2n) is 5.93. The Hall–Kier alpha value is -2.68. The van der Waals surface area contributed by atoms with Crippen LogP contribution in [0.4, 0.5) is 11.6 Å². The molecule has 1 saturated heterocycles. The highest BCUT2D eigenvalue weighted by Crippen LogP contribution is 2.25. The predicted octanol–water partition coefficient (Wildman–Crippen LogP) is -0.377. The summed E-state index contributed by atoms with van der Waals surface area (Å²) < 4.78 is 1.50. The number of nitrogens with zero attached hydrogens (tertiary/aromatic N) is 5. The number of hydrogen-bond acceptors (Lipinski definition) is 7. The number of aliphatic hydroxyl groups is 1. The topological polar surface area (TPSA) is 108 Å². The Labute approximate surface area is 139 Å². The Morgan fingerprint density at radius 3 is 3.00 bits per heavy atom. The molecule has 2 aromatic rings. The van der Waals surface area contributed by atoms with E-state index in [-0.39, 0.29) is 12.5 Å². The van der Waals surface area contributed by atoms with Crippen molar-refractivity contribution >= 4 is 17.5 Å². The van der Waals surface area contributed by atoms with E-state index in [0.717, 1.165) is 11.6 Å². The Balaban J connectivity index is 1.61. The number of carbonyl (C=O) groups is 1. The van der Waals surface area contributed by atoms with Crippen molar-refractivity contribution in [3.05, 3.63) is 30.4 Å². The zero-order chi connectivity index (χ0) is 17.2. The molecule has 0 radical (unpaired) electrons. The van der Waals surface area contributed by atoms with Gasteiger partial charge in [0, 0.05) is 46.0 Å². The Morgan fingerprint density at radius 2 is 2.29 bits per heavy atom. The van der Waals surface area contributed by atoms with Crippen LogP contribution in [0.5, 0.6) is 0 Å². The molecule has 0 spiro atoms. The number of carbonyl (C=O) groups excluding carboxylic acids is 1. The largest absolute Gasteiger partial charge is 0.386 e. The van der Waals surface area contributed by atoms with Crippen molar-refractivity contribution < 1.29 is 9.90 Å². The molecule has 9 heteroatoms. The molecule has 9 nitrogen and oxygen atoms in total. The molecular weight excluding hydrogens is 310 g/mol. The Bertz CT molecular complexity index is 732. The quantitative estimate of drug-likeness (QED) is 0.685. The van der Waals surface area contributed by atoms with Crippen LogP contribution >= 0.6 is 0 Å². The van der Waals surface area contributed by atoms with Gasteiger partial charge in [-0.05, 0) is 12.5 Å². The first-order valence-electron chi connectivity index (χ1n) is 7.74. The van der Waals surface area contributed by atoms with E-state index in [0.29, 0.717) is 25.2 Å². The normalized spacial score (nSPS) is 20.2. The second kappa shape index (κ2) is 6.44. The number of rotatable bonds is 5. The number of amides is 1. The van der Waals surface area contributed by atoms with Crippen LogP contribution in [0.25, 0.3) is 0 Å². The van der Waals surface area contributed by atoms with Crippen LogP contribution in [0.15, 0.2) is 24.7 Å². The average molecular weight is 331 g/mol. The van der Waals surface area contributed by atoms with Gasteiger partial charge in [0.05, 0.1) is 0 Å². The molecule has 1 aliphatic heterocycles. The molecule has 1 unspecified atom stereocenters. The van der Waals surface area contributed by atoms with Gasteiger partial charge >= 0.3 is 0 Å². The molecule has 3 rings (SSSR count). The monoisotopic (exact) mass is 331 g/mol. The van der Waals surface area contributed by atoms with E-state index < -0.39 is 5.60 Å². The van der Waals surface area contributed by atoms with Crippen LogP contribution in [-0.2, 0) is 7.05 Å². The average Bonchev–Trinajstić information content (AvgIpc) is 3.19. The molecule has 1 amide bonds. The Morgan fingerprint density at radius 1 is 1.46 bits per heavy atom. The van der Waals surface area contributed by atoms with Crippen molar-refractivity contribution in [1.29, 1.82) is 0 Å². The van der Waals surface area contributed by atoms with E-state index in [1.165, 1.54) is 11.0 Å². The molecule has 1 aliphatic rings. The fraction of sp³-hybridized carbons (Fsp3) is 0.467. The summed E-state index contributed by atoms with van der Waals surface area (Å²) in [6.45, 7) is 1.24. The van der Waals surface area contributed by atoms with E-state index >= 15 is 0 Å². The van der Waals surface area contributed by atoms with Gasteiger partial charge in [0.2, 0.25) is 0 Å². The second-order valence-corrected chi connectivity index (χ2v) is 5.93. The van der Waals surface area contributed by atoms with E-state index in [9.17, 15) is 9.90 Å². The summed E-state index contributed by atoms with van der Waals surface area (Å²) >= 11 is 0. The van der Waals surface area contributed by atoms with Gasteiger partial charge in [0.1, 0.15) is 29.3 Å². The molecule has 0 bridgehead atoms. The molecule has 128 valence electrons. The van der Waals surface area contributed by atoms with Gasteiger partial charge in [-0.3, -0.25) is 9.48 Å². The highest BCUT2D eigenvalue weighted by molar-refractivity contribution is 5.92. The summed E-state index contributed by atoms with van der Waals surface area (Å²) in [6.07, 6.45) is 3.61. The molecule has 0 aliphatic carbocycles. The number of β-amino-alcohol motifs (C(OH)–C–C–N with tert-alkyl or cyclic N) is 1. The minimum Gasteiger partial charge on any atom is -0.386 e. The van der Waals surface area contributed by atoms with Gasteiger partial charge in [-0.25, -0.2) is 9.97 Å². The van der Waals surface area contributed by atoms with Crippen LogP contribution in [0.3, 0.4) is 0 Å². The molecule has 1 atom stereocenters. The van der Waals surface area contributed by atoms with Crippen molar-refractivity contribution in [2.45, 2.75) is 12.0 Å². The summed E-state index contributed by atoms with van der Waals surface area (Å²) in [6, 6.07) is 3.47. The van der Waals surface area contributed by atoms with Gasteiger partial charge < -0.3 is 20.6 Å². The van der Waals surface area contributed by atoms with Crippen LogP contribution < -0.4 is 15.5 Å². The lowest BCUT2D eigenvalue weighted by Gasteiger charge is -2.24. The van der Waals surface area contributed by atoms with E-state index in [4.69, 9.17) is 0 Å². The summed E-state index contributed by atoms with van der Waals surface area (Å²) in [5, 5.41) is 20.4. The molecule has 2 aromatic heterocycles. The van der Waals surface area contributed by atoms with Gasteiger partial charge in [0.15, 0.2) is 0 Å². The summed E-state index contributed by atoms with van der Waals surface area (Å²) in [5.41, 5.74) is -0.526. The maximum absolute atomic E-state index is 12.1. The number of hydrogen-bond donors (Lipinski definition) is 3. The lowest BCUT2D eigenvalue weighted by molar-refractivity contribution is 0.0572. The van der Waals surface area contributed by atoms with Crippen molar-refractivity contribution in [3.63, 3.8) is 0 Å². The first-order chi connectivity index (χ1) is 11.5. The first-order valence-corrected chi connectivity index (χ1v) is 7.74. The summed E-state index contributed by atoms with van der Waals surface area (Å²) in [7, 11) is 3.50. The van der Waals surface area contributed by atoms with Crippen molar-refractivity contribution in [1.82, 2.24) is 25.1 Å². The molecule has 3 N–H and O–H groups in total. The van der Waals surface area contributed by atoms with Crippen LogP contribution in [0.1, 0.15) is 16.9 Å². The van der Waals surface area contributed by atoms with Crippen molar-refractivity contribution in [2.75, 3.05) is 36.9 Å². The number of anilines is 2. The van der Waals surface area contributed by atoms with E-state index in [1.54, 1.807) is 26.4 Å². The van der Waals surface area contributed by atoms with Gasteiger partial charge in [0.25, 0.3) is 5.91 Å². The van der Waals surface area contributed by atoms with Gasteiger partial charge in [-0.15, -0.1) is 0 Å². The van der Waals surface area contributed by atoms with Crippen LogP contribution in [-0.4, -0.2) is 63.0 Å². The molecule has 24 heavy (non-hydrogen) atoms. The minimum absolute atomic E-state index is 0.178. The highest BCUT2D eigenvalue weighted by atomic mass is 16.3. The highest BCUT2D eigenvalue weighted by Gasteiger charge is 2.37. The van der Waals surface area contributed by atoms with E-state index in [1.807, 2.05) is 11.0 Å². The maximum atomic E-state index is 12.1. The van der Waals surface area contributed by atoms with Crippen molar-refractivity contribution in [2.24, 2.45) is 7.05 Å². The van der Waals surface area contributed by atoms with Crippen molar-refractivity contribution in [3.8, 4) is 0 Å². The van der Waals surface area contributed by atoms with E-state index in [2.05, 4.69) is 25.7 Å². The fourth-order valence-corrected chi connectivity index (χ4v) is 2.79. The third-order valence-electron chi connectivity index (χ3n) is 4.20. The van der Waals surface area contributed by atoms with Gasteiger partial charge in [-0.2, -0.15) is 5.10 Å². The lowest BCUT2D eigenvalue weighted by atomic mass is 10.0. The number of aromatic nitrogens is 4. The standard InChI is InChI=1S/C15H21N7O2/c1-16-12-7-13(19-10-18-12)22-6-4-15(24,9-22)8-17-14(23)11-3-5-20-21(11)2/h3,5,7,10,24H,4,6,8-9H2,1-2H3,(H,17,23)(H,16,18,19). The van der Waals surface area contributed by atoms with Crippen LogP contribution in [0.2, 0.25) is 0 Å². The smallest absolute Gasteiger partial charge is 0.269 e. The number of nitrogens with one attached hydrogen (secondary N) is 2. The SMILES string of the molecule is CNc1cc(N2CCC(O)(CNC(=O)c3ccnn3C)C2)ncn1. The zero-order valence-corrected chi connectivity index (χ0v) is 13.7. The third-order valence-corrected chi connectivity index (χ3v) is 4.20. The third kappa shape index (κ3) is 3.30. The first kappa shape index (κ1) is 16.2. The minimum atomic E-state index is -0.987. The molecule has 3 heterocycles. The lowest BCUT2D eigenvalue weighted by Crippen LogP contribution is -2.45. The zero-order valence-electron chi connectivity index (χ0n) is 13.7. The molecule has 0 saturated carbocycles. The molecular formula is C15H21N7O2. The fourth-order valence-electron chi connectivity index (χ4n) is 2.79. The summed E-state index contributed by atoms with van der Waals surface area (Å²) in [4.78, 5) is 22.5. The molecule has 1 fully saturated rings. The number of aryl methyl sites for hydroxylation is 1. The molecule has 0 aromatic carbocycles. The summed E-state index contributed by atoms with van der Waals surface area (Å²) in [5.74, 6) is 1.23. The maximum Gasteiger partial charge on any atom is 0.269 e. The van der Waals surface area contributed by atoms with Gasteiger partial charge in [-0.1, -0.05) is 0 Å².